The monoisotopic (exact) mass is 695 g/mol. The lowest BCUT2D eigenvalue weighted by Crippen LogP contribution is -1.88. The molecule has 4 aromatic carbocycles. The normalized spacial score (nSPS) is 12.0. The van der Waals surface area contributed by atoms with Crippen molar-refractivity contribution in [2.75, 3.05) is 0 Å². The van der Waals surface area contributed by atoms with Crippen molar-refractivity contribution in [1.82, 2.24) is 15.0 Å². The van der Waals surface area contributed by atoms with E-state index in [4.69, 9.17) is 9.97 Å². The van der Waals surface area contributed by atoms with Crippen molar-refractivity contribution in [2.45, 2.75) is 0 Å². The van der Waals surface area contributed by atoms with Crippen molar-refractivity contribution in [3.05, 3.63) is 144 Å². The molecule has 9 rings (SSSR count). The van der Waals surface area contributed by atoms with E-state index in [-0.39, 0.29) is 23.0 Å². The van der Waals surface area contributed by atoms with E-state index in [1.807, 2.05) is 85.0 Å². The molecule has 0 fully saturated rings. The summed E-state index contributed by atoms with van der Waals surface area (Å²) in [7, 11) is 0. The van der Waals surface area contributed by atoms with Crippen LogP contribution in [0, 0.1) is 0 Å². The second-order valence-corrected chi connectivity index (χ2v) is 13.7. The minimum atomic E-state index is 0.168. The van der Waals surface area contributed by atoms with Crippen LogP contribution >= 0.6 is 11.3 Å². The second-order valence-electron chi connectivity index (χ2n) is 12.6. The van der Waals surface area contributed by atoms with Gasteiger partial charge in [0, 0.05) is 42.7 Å². The Kier molecular flexibility index (Phi) is 7.45. The average Bonchev–Trinajstić information content (AvgIpc) is 3.99. The number of aromatic nitrogens is 3. The van der Waals surface area contributed by atoms with Crippen LogP contribution in [0.3, 0.4) is 0 Å². The zero-order valence-electron chi connectivity index (χ0n) is 27.4. The van der Waals surface area contributed by atoms with Crippen molar-refractivity contribution < 1.29 is 20.4 Å². The number of aromatic hydroxyl groups is 4. The number of thiophene rings is 1. The maximum absolute atomic E-state index is 10.2. The molecule has 0 aliphatic carbocycles. The van der Waals surface area contributed by atoms with E-state index < -0.39 is 0 Å². The zero-order valence-corrected chi connectivity index (χ0v) is 28.3. The summed E-state index contributed by atoms with van der Waals surface area (Å²) in [4.78, 5) is 14.2. The van der Waals surface area contributed by atoms with Gasteiger partial charge in [0.2, 0.25) is 0 Å². The second kappa shape index (κ2) is 12.5. The molecule has 8 bridgehead atoms. The van der Waals surface area contributed by atoms with Crippen LogP contribution in [-0.4, -0.2) is 35.4 Å². The maximum Gasteiger partial charge on any atom is 0.115 e. The fraction of sp³-hybridized carbons (Fsp3) is 0. The van der Waals surface area contributed by atoms with Gasteiger partial charge in [-0.05, 0) is 119 Å². The maximum atomic E-state index is 10.2. The molecule has 0 saturated carbocycles. The molecule has 52 heavy (non-hydrogen) atoms. The van der Waals surface area contributed by atoms with Gasteiger partial charge < -0.3 is 25.4 Å². The van der Waals surface area contributed by atoms with Gasteiger partial charge in [0.05, 0.1) is 22.8 Å². The molecule has 2 aliphatic rings. The van der Waals surface area contributed by atoms with Crippen LogP contribution in [0.2, 0.25) is 0 Å². The predicted molar refractivity (Wildman–Crippen MR) is 211 cm³/mol. The number of phenolic OH excluding ortho intramolecular Hbond substituents is 4. The molecular formula is C44H29N3O4S. The quantitative estimate of drug-likeness (QED) is 0.125. The van der Waals surface area contributed by atoms with Gasteiger partial charge in [0.15, 0.2) is 0 Å². The predicted octanol–water partition coefficient (Wildman–Crippen LogP) is 10.9. The smallest absolute Gasteiger partial charge is 0.115 e. The first-order chi connectivity index (χ1) is 25.4. The van der Waals surface area contributed by atoms with Crippen LogP contribution in [0.25, 0.3) is 89.2 Å². The summed E-state index contributed by atoms with van der Waals surface area (Å²) in [6.45, 7) is 0. The molecule has 0 unspecified atom stereocenters. The summed E-state index contributed by atoms with van der Waals surface area (Å²) in [5.41, 5.74) is 11.7. The Hall–Kier alpha value is -6.90. The highest BCUT2D eigenvalue weighted by Gasteiger charge is 2.19. The molecule has 0 radical (unpaired) electrons. The molecule has 5 N–H and O–H groups in total. The number of hydrogen-bond donors (Lipinski definition) is 5. The van der Waals surface area contributed by atoms with E-state index in [1.54, 1.807) is 59.9 Å². The molecular weight excluding hydrogens is 667 g/mol. The van der Waals surface area contributed by atoms with Crippen molar-refractivity contribution in [3.8, 4) is 67.5 Å². The fourth-order valence-electron chi connectivity index (χ4n) is 6.80. The van der Waals surface area contributed by atoms with E-state index in [2.05, 4.69) is 17.1 Å². The zero-order chi connectivity index (χ0) is 35.3. The van der Waals surface area contributed by atoms with Gasteiger partial charge in [-0.2, -0.15) is 0 Å². The van der Waals surface area contributed by atoms with E-state index >= 15 is 0 Å². The number of nitrogens with one attached hydrogen (secondary N) is 1. The molecule has 3 aromatic heterocycles. The summed E-state index contributed by atoms with van der Waals surface area (Å²) in [5.74, 6) is 0.690. The summed E-state index contributed by atoms with van der Waals surface area (Å²) in [5, 5.41) is 40.7. The lowest BCUT2D eigenvalue weighted by Gasteiger charge is -2.07. The summed E-state index contributed by atoms with van der Waals surface area (Å²) in [6, 6.07) is 36.7. The van der Waals surface area contributed by atoms with Gasteiger partial charge >= 0.3 is 0 Å². The Morgan fingerprint density at radius 3 is 0.962 bits per heavy atom. The number of benzene rings is 4. The van der Waals surface area contributed by atoms with Crippen molar-refractivity contribution in [1.29, 1.82) is 0 Å². The third-order valence-electron chi connectivity index (χ3n) is 9.25. The molecule has 0 saturated heterocycles. The van der Waals surface area contributed by atoms with Gasteiger partial charge in [-0.15, -0.1) is 11.3 Å². The highest BCUT2D eigenvalue weighted by atomic mass is 32.1. The van der Waals surface area contributed by atoms with Gasteiger partial charge in [0.25, 0.3) is 0 Å². The third-order valence-corrected chi connectivity index (χ3v) is 10.4. The number of hydrogen-bond acceptors (Lipinski definition) is 7. The average molecular weight is 696 g/mol. The van der Waals surface area contributed by atoms with Crippen molar-refractivity contribution in [2.24, 2.45) is 0 Å². The van der Waals surface area contributed by atoms with Crippen LogP contribution in [0.1, 0.15) is 22.8 Å². The van der Waals surface area contributed by atoms with Crippen LogP contribution in [0.4, 0.5) is 0 Å². The molecule has 2 aliphatic heterocycles. The molecule has 0 spiro atoms. The Morgan fingerprint density at radius 2 is 0.635 bits per heavy atom. The fourth-order valence-corrected chi connectivity index (χ4v) is 7.96. The Morgan fingerprint density at radius 1 is 0.346 bits per heavy atom. The summed E-state index contributed by atoms with van der Waals surface area (Å²) >= 11 is 1.62. The Labute approximate surface area is 302 Å². The first-order valence-corrected chi connectivity index (χ1v) is 17.4. The van der Waals surface area contributed by atoms with E-state index in [0.29, 0.717) is 0 Å². The van der Waals surface area contributed by atoms with Gasteiger partial charge in [-0.25, -0.2) is 9.97 Å². The highest BCUT2D eigenvalue weighted by Crippen LogP contribution is 2.41. The lowest BCUT2D eigenvalue weighted by molar-refractivity contribution is 0.475. The number of rotatable bonds is 4. The van der Waals surface area contributed by atoms with Crippen molar-refractivity contribution >= 4 is 56.1 Å². The van der Waals surface area contributed by atoms with Crippen LogP contribution < -0.4 is 0 Å². The van der Waals surface area contributed by atoms with Crippen LogP contribution in [-0.2, 0) is 0 Å². The van der Waals surface area contributed by atoms with E-state index in [9.17, 15) is 20.4 Å². The molecule has 5 heterocycles. The lowest BCUT2D eigenvalue weighted by atomic mass is 10.0. The molecule has 7 aromatic rings. The minimum absolute atomic E-state index is 0.168. The third kappa shape index (κ3) is 5.57. The number of fused-ring (bicyclic) bond motifs is 8. The van der Waals surface area contributed by atoms with E-state index in [0.717, 1.165) is 87.7 Å². The number of phenols is 4. The van der Waals surface area contributed by atoms with Crippen molar-refractivity contribution in [3.63, 3.8) is 0 Å². The molecule has 250 valence electrons. The van der Waals surface area contributed by atoms with E-state index in [1.165, 1.54) is 0 Å². The minimum Gasteiger partial charge on any atom is -0.508 e. The number of nitrogens with zero attached hydrogens (tertiary/aromatic N) is 2. The molecule has 7 nitrogen and oxygen atoms in total. The largest absolute Gasteiger partial charge is 0.508 e. The summed E-state index contributed by atoms with van der Waals surface area (Å²) in [6.07, 6.45) is 8.05. The van der Waals surface area contributed by atoms with Crippen LogP contribution in [0.15, 0.2) is 121 Å². The first kappa shape index (κ1) is 31.1. The van der Waals surface area contributed by atoms with Gasteiger partial charge in [-0.1, -0.05) is 48.5 Å². The number of H-pyrrole nitrogens is 1. The Bertz CT molecular complexity index is 2370. The van der Waals surface area contributed by atoms with Gasteiger partial charge in [-0.3, -0.25) is 0 Å². The topological polar surface area (TPSA) is 122 Å². The molecule has 0 atom stereocenters. The van der Waals surface area contributed by atoms with Gasteiger partial charge in [0.1, 0.15) is 23.0 Å². The summed E-state index contributed by atoms with van der Waals surface area (Å²) < 4.78 is 1.95. The first-order valence-electron chi connectivity index (χ1n) is 16.6. The molecule has 8 heteroatoms. The standard InChI is InChI=1S/C44H29N3O4S/c48-29-9-1-25(2-10-29)41-33-17-18-34(45-33)42(26-3-11-30(49)12-4-26)36-20-22-38(47-36)44(28-7-15-32(51)16-8-28)40-24-23-39(52-40)43(37-21-19-35(41)46-37)27-5-13-31(50)14-6-27/h1-24,45,48-51H. The Balaban J connectivity index is 1.47. The molecule has 0 amide bonds. The number of aromatic amines is 1. The SMILES string of the molecule is Oc1ccc(-c2c3nc(c(-c4ccc(O)cc4)c4ccc(s4)c(-c4ccc(O)cc4)c4nc(c(-c5ccc(O)cc5)c5ccc2[nH]5)C=C4)C=C3)cc1. The highest BCUT2D eigenvalue weighted by molar-refractivity contribution is 7.24. The van der Waals surface area contributed by atoms with Crippen LogP contribution in [0.5, 0.6) is 23.0 Å².